The van der Waals surface area contributed by atoms with E-state index in [0.717, 1.165) is 51.1 Å². The number of rotatable bonds is 4. The lowest BCUT2D eigenvalue weighted by Crippen LogP contribution is -2.44. The fraction of sp³-hybridized carbons (Fsp3) is 0.526. The number of H-pyrrole nitrogens is 1. The van der Waals surface area contributed by atoms with E-state index in [4.69, 9.17) is 0 Å². The molecule has 6 nitrogen and oxygen atoms in total. The Bertz CT molecular complexity index is 707. The predicted molar refractivity (Wildman–Crippen MR) is 94.6 cm³/mol. The van der Waals surface area contributed by atoms with Gasteiger partial charge in [-0.05, 0) is 50.4 Å². The van der Waals surface area contributed by atoms with Crippen LogP contribution in [0, 0.1) is 5.41 Å². The highest BCUT2D eigenvalue weighted by Gasteiger charge is 2.51. The lowest BCUT2D eigenvalue weighted by Gasteiger charge is -2.37. The summed E-state index contributed by atoms with van der Waals surface area (Å²) in [6.45, 7) is 2.76. The van der Waals surface area contributed by atoms with E-state index in [2.05, 4.69) is 25.9 Å². The first kappa shape index (κ1) is 16.3. The molecule has 2 aliphatic heterocycles. The van der Waals surface area contributed by atoms with Crippen molar-refractivity contribution in [2.24, 2.45) is 5.41 Å². The Morgan fingerprint density at radius 3 is 2.84 bits per heavy atom. The number of hydrogen-bond donors (Lipinski definition) is 1. The average Bonchev–Trinajstić information content (AvgIpc) is 3.22. The van der Waals surface area contributed by atoms with Crippen LogP contribution in [0.15, 0.2) is 36.9 Å². The summed E-state index contributed by atoms with van der Waals surface area (Å²) in [6.07, 6.45) is 11.1. The fourth-order valence-electron chi connectivity index (χ4n) is 4.37. The van der Waals surface area contributed by atoms with Gasteiger partial charge in [-0.15, -0.1) is 0 Å². The molecule has 0 radical (unpaired) electrons. The zero-order chi connectivity index (χ0) is 17.3. The van der Waals surface area contributed by atoms with Crippen molar-refractivity contribution < 1.29 is 4.79 Å². The van der Waals surface area contributed by atoms with E-state index in [1.165, 1.54) is 5.56 Å². The minimum absolute atomic E-state index is 0.165. The van der Waals surface area contributed by atoms with Gasteiger partial charge < -0.3 is 9.88 Å². The minimum Gasteiger partial charge on any atom is -0.348 e. The number of piperidine rings is 1. The Morgan fingerprint density at radius 2 is 2.16 bits per heavy atom. The van der Waals surface area contributed by atoms with E-state index in [1.807, 2.05) is 30.4 Å². The summed E-state index contributed by atoms with van der Waals surface area (Å²) in [5.41, 5.74) is 1.04. The van der Waals surface area contributed by atoms with E-state index < -0.39 is 0 Å². The van der Waals surface area contributed by atoms with Crippen molar-refractivity contribution in [3.63, 3.8) is 0 Å². The number of imidazole rings is 1. The van der Waals surface area contributed by atoms with E-state index >= 15 is 0 Å². The number of likely N-dealkylation sites (tertiary alicyclic amines) is 2. The van der Waals surface area contributed by atoms with E-state index in [9.17, 15) is 4.79 Å². The maximum atomic E-state index is 13.0. The van der Waals surface area contributed by atoms with Gasteiger partial charge in [0.05, 0.1) is 12.0 Å². The summed E-state index contributed by atoms with van der Waals surface area (Å²) in [5.74, 6) is 1.33. The lowest BCUT2D eigenvalue weighted by molar-refractivity contribution is -0.137. The number of carbonyl (C=O) groups is 1. The van der Waals surface area contributed by atoms with Gasteiger partial charge in [-0.1, -0.05) is 6.07 Å². The number of amides is 1. The first-order valence-corrected chi connectivity index (χ1v) is 9.03. The molecule has 2 aliphatic rings. The maximum absolute atomic E-state index is 13.0. The third kappa shape index (κ3) is 3.18. The number of aromatic amines is 1. The van der Waals surface area contributed by atoms with Crippen LogP contribution in [-0.2, 0) is 17.8 Å². The molecule has 1 amide bonds. The van der Waals surface area contributed by atoms with Crippen molar-refractivity contribution in [2.75, 3.05) is 20.1 Å². The van der Waals surface area contributed by atoms with Crippen LogP contribution >= 0.6 is 0 Å². The Hall–Kier alpha value is -2.21. The highest BCUT2D eigenvalue weighted by molar-refractivity contribution is 5.85. The Morgan fingerprint density at radius 1 is 1.32 bits per heavy atom. The van der Waals surface area contributed by atoms with Gasteiger partial charge in [-0.2, -0.15) is 0 Å². The van der Waals surface area contributed by atoms with Gasteiger partial charge in [-0.25, -0.2) is 4.98 Å². The molecule has 0 bridgehead atoms. The van der Waals surface area contributed by atoms with Crippen molar-refractivity contribution in [2.45, 2.75) is 38.3 Å². The SMILES string of the molecule is CN1C(=O)C2(CCN(Cc3ncc[nH]3)CC2)CC1Cc1cccnc1. The molecule has 1 N–H and O–H groups in total. The van der Waals surface area contributed by atoms with E-state index in [0.29, 0.717) is 5.91 Å². The van der Waals surface area contributed by atoms with Crippen molar-refractivity contribution in [3.05, 3.63) is 48.3 Å². The quantitative estimate of drug-likeness (QED) is 0.923. The molecule has 4 heterocycles. The van der Waals surface area contributed by atoms with Gasteiger partial charge in [-0.3, -0.25) is 14.7 Å². The molecule has 0 aromatic carbocycles. The molecule has 0 saturated carbocycles. The number of nitrogens with zero attached hydrogens (tertiary/aromatic N) is 4. The van der Waals surface area contributed by atoms with Gasteiger partial charge in [0, 0.05) is 37.9 Å². The summed E-state index contributed by atoms with van der Waals surface area (Å²) in [7, 11) is 1.97. The van der Waals surface area contributed by atoms with Gasteiger partial charge in [0.1, 0.15) is 5.82 Å². The topological polar surface area (TPSA) is 65.1 Å². The molecule has 25 heavy (non-hydrogen) atoms. The monoisotopic (exact) mass is 339 g/mol. The molecule has 1 unspecified atom stereocenters. The molecular weight excluding hydrogens is 314 g/mol. The molecule has 1 atom stereocenters. The molecule has 2 saturated heterocycles. The largest absolute Gasteiger partial charge is 0.348 e. The Labute approximate surface area is 148 Å². The number of likely N-dealkylation sites (N-methyl/N-ethyl adjacent to an activating group) is 1. The van der Waals surface area contributed by atoms with E-state index in [-0.39, 0.29) is 11.5 Å². The smallest absolute Gasteiger partial charge is 0.228 e. The van der Waals surface area contributed by atoms with Crippen LogP contribution in [0.2, 0.25) is 0 Å². The zero-order valence-corrected chi connectivity index (χ0v) is 14.7. The molecule has 6 heteroatoms. The molecule has 1 spiro atoms. The third-order valence-electron chi connectivity index (χ3n) is 5.88. The lowest BCUT2D eigenvalue weighted by atomic mass is 9.75. The van der Waals surface area contributed by atoms with Crippen molar-refractivity contribution >= 4 is 5.91 Å². The van der Waals surface area contributed by atoms with Crippen molar-refractivity contribution in [1.29, 1.82) is 0 Å². The molecule has 2 aromatic rings. The molecular formula is C19H25N5O. The Kier molecular flexibility index (Phi) is 4.29. The first-order valence-electron chi connectivity index (χ1n) is 9.03. The minimum atomic E-state index is -0.165. The summed E-state index contributed by atoms with van der Waals surface area (Å²) in [4.78, 5) is 29.0. The highest BCUT2D eigenvalue weighted by atomic mass is 16.2. The standard InChI is InChI=1S/C19H25N5O/c1-23-16(11-15-3-2-6-20-13-15)12-19(18(23)25)4-9-24(10-5-19)14-17-21-7-8-22-17/h2-3,6-8,13,16H,4-5,9-12,14H2,1H3,(H,21,22). The number of pyridine rings is 1. The summed E-state index contributed by atoms with van der Waals surface area (Å²) >= 11 is 0. The van der Waals surface area contributed by atoms with Crippen LogP contribution in [0.25, 0.3) is 0 Å². The number of aromatic nitrogens is 3. The number of hydrogen-bond acceptors (Lipinski definition) is 4. The molecule has 4 rings (SSSR count). The van der Waals surface area contributed by atoms with Crippen LogP contribution in [0.3, 0.4) is 0 Å². The molecule has 2 aromatic heterocycles. The van der Waals surface area contributed by atoms with Crippen LogP contribution in [0.5, 0.6) is 0 Å². The van der Waals surface area contributed by atoms with Gasteiger partial charge in [0.15, 0.2) is 0 Å². The normalized spacial score (nSPS) is 23.5. The fourth-order valence-corrected chi connectivity index (χ4v) is 4.37. The van der Waals surface area contributed by atoms with Gasteiger partial charge in [0.2, 0.25) is 5.91 Å². The van der Waals surface area contributed by atoms with Crippen LogP contribution in [-0.4, -0.2) is 56.8 Å². The maximum Gasteiger partial charge on any atom is 0.228 e. The van der Waals surface area contributed by atoms with E-state index in [1.54, 1.807) is 12.4 Å². The number of nitrogens with one attached hydrogen (secondary N) is 1. The molecule has 2 fully saturated rings. The highest BCUT2D eigenvalue weighted by Crippen LogP contribution is 2.44. The predicted octanol–water partition coefficient (Wildman–Crippen LogP) is 1.86. The van der Waals surface area contributed by atoms with Gasteiger partial charge in [0.25, 0.3) is 0 Å². The van der Waals surface area contributed by atoms with Crippen molar-refractivity contribution in [3.8, 4) is 0 Å². The molecule has 132 valence electrons. The second-order valence-electron chi connectivity index (χ2n) is 7.43. The third-order valence-corrected chi connectivity index (χ3v) is 5.88. The second kappa shape index (κ2) is 6.59. The second-order valence-corrected chi connectivity index (χ2v) is 7.43. The summed E-state index contributed by atoms with van der Waals surface area (Å²) in [6, 6.07) is 4.35. The van der Waals surface area contributed by atoms with Gasteiger partial charge >= 0.3 is 0 Å². The summed E-state index contributed by atoms with van der Waals surface area (Å²) in [5, 5.41) is 0. The zero-order valence-electron chi connectivity index (χ0n) is 14.7. The number of carbonyl (C=O) groups excluding carboxylic acids is 1. The first-order chi connectivity index (χ1) is 12.2. The Balaban J connectivity index is 1.40. The average molecular weight is 339 g/mol. The van der Waals surface area contributed by atoms with Crippen molar-refractivity contribution in [1.82, 2.24) is 24.8 Å². The van der Waals surface area contributed by atoms with Crippen LogP contribution in [0.1, 0.15) is 30.7 Å². The van der Waals surface area contributed by atoms with Crippen LogP contribution < -0.4 is 0 Å². The van der Waals surface area contributed by atoms with Crippen LogP contribution in [0.4, 0.5) is 0 Å². The summed E-state index contributed by atoms with van der Waals surface area (Å²) < 4.78 is 0. The molecule has 0 aliphatic carbocycles.